The minimum absolute atomic E-state index is 0.193. The van der Waals surface area contributed by atoms with Gasteiger partial charge in [0.1, 0.15) is 0 Å². The highest BCUT2D eigenvalue weighted by Gasteiger charge is 2.15. The maximum Gasteiger partial charge on any atom is 0.227 e. The van der Waals surface area contributed by atoms with Crippen LogP contribution in [0.1, 0.15) is 18.7 Å². The van der Waals surface area contributed by atoms with Crippen molar-refractivity contribution >= 4 is 17.2 Å². The average Bonchev–Trinajstić information content (AvgIpc) is 2.76. The van der Waals surface area contributed by atoms with Crippen LogP contribution in [0.3, 0.4) is 0 Å². The molecule has 0 saturated heterocycles. The fourth-order valence-corrected chi connectivity index (χ4v) is 2.33. The minimum atomic E-state index is 0.193. The quantitative estimate of drug-likeness (QED) is 0.749. The molecule has 0 unspecified atom stereocenters. The van der Waals surface area contributed by atoms with Crippen LogP contribution in [0.15, 0.2) is 17.5 Å². The predicted molar refractivity (Wildman–Crippen MR) is 71.3 cm³/mol. The van der Waals surface area contributed by atoms with Crippen molar-refractivity contribution in [1.82, 2.24) is 4.90 Å². The Bertz CT molecular complexity index is 322. The SMILES string of the molecule is COCCN(CC(C)C)C(=O)Cc1cccs1. The number of rotatable bonds is 7. The largest absolute Gasteiger partial charge is 0.383 e. The van der Waals surface area contributed by atoms with Gasteiger partial charge in [-0.3, -0.25) is 4.79 Å². The van der Waals surface area contributed by atoms with E-state index in [9.17, 15) is 4.79 Å². The second-order valence-corrected chi connectivity index (χ2v) is 5.51. The second kappa shape index (κ2) is 7.45. The van der Waals surface area contributed by atoms with Crippen LogP contribution in [0.25, 0.3) is 0 Å². The monoisotopic (exact) mass is 255 g/mol. The van der Waals surface area contributed by atoms with Crippen molar-refractivity contribution in [3.8, 4) is 0 Å². The van der Waals surface area contributed by atoms with E-state index in [2.05, 4.69) is 13.8 Å². The van der Waals surface area contributed by atoms with Gasteiger partial charge in [-0.1, -0.05) is 19.9 Å². The van der Waals surface area contributed by atoms with Crippen LogP contribution in [0, 0.1) is 5.92 Å². The minimum Gasteiger partial charge on any atom is -0.383 e. The van der Waals surface area contributed by atoms with Gasteiger partial charge in [-0.05, 0) is 17.4 Å². The highest BCUT2D eigenvalue weighted by Crippen LogP contribution is 2.11. The highest BCUT2D eigenvalue weighted by molar-refractivity contribution is 7.10. The van der Waals surface area contributed by atoms with E-state index < -0.39 is 0 Å². The van der Waals surface area contributed by atoms with E-state index in [0.29, 0.717) is 25.5 Å². The summed E-state index contributed by atoms with van der Waals surface area (Å²) >= 11 is 1.63. The van der Waals surface area contributed by atoms with Gasteiger partial charge in [0.15, 0.2) is 0 Å². The van der Waals surface area contributed by atoms with Crippen LogP contribution >= 0.6 is 11.3 Å². The lowest BCUT2D eigenvalue weighted by atomic mass is 10.2. The van der Waals surface area contributed by atoms with Crippen molar-refractivity contribution in [3.63, 3.8) is 0 Å². The van der Waals surface area contributed by atoms with Gasteiger partial charge < -0.3 is 9.64 Å². The number of methoxy groups -OCH3 is 1. The Hall–Kier alpha value is -0.870. The molecule has 0 atom stereocenters. The molecule has 0 aromatic carbocycles. The third-order valence-corrected chi connectivity index (χ3v) is 3.29. The van der Waals surface area contributed by atoms with E-state index in [-0.39, 0.29) is 5.91 Å². The molecule has 0 aliphatic heterocycles. The highest BCUT2D eigenvalue weighted by atomic mass is 32.1. The van der Waals surface area contributed by atoms with Gasteiger partial charge in [-0.25, -0.2) is 0 Å². The molecule has 3 nitrogen and oxygen atoms in total. The van der Waals surface area contributed by atoms with Gasteiger partial charge in [0.25, 0.3) is 0 Å². The maximum atomic E-state index is 12.1. The van der Waals surface area contributed by atoms with Crippen molar-refractivity contribution in [2.45, 2.75) is 20.3 Å². The molecule has 0 saturated carbocycles. The molecule has 1 aromatic rings. The number of amides is 1. The molecule has 0 spiro atoms. The Balaban J connectivity index is 2.52. The molecule has 0 bridgehead atoms. The molecule has 17 heavy (non-hydrogen) atoms. The van der Waals surface area contributed by atoms with E-state index in [0.717, 1.165) is 11.4 Å². The lowest BCUT2D eigenvalue weighted by Gasteiger charge is -2.24. The molecule has 0 aliphatic rings. The molecule has 1 amide bonds. The van der Waals surface area contributed by atoms with Gasteiger partial charge in [0.05, 0.1) is 13.0 Å². The molecule has 0 radical (unpaired) electrons. The molecular weight excluding hydrogens is 234 g/mol. The molecule has 1 heterocycles. The molecule has 1 aromatic heterocycles. The molecule has 0 fully saturated rings. The Morgan fingerprint density at radius 3 is 2.82 bits per heavy atom. The summed E-state index contributed by atoms with van der Waals surface area (Å²) in [4.78, 5) is 15.2. The van der Waals surface area contributed by atoms with Gasteiger partial charge in [-0.2, -0.15) is 0 Å². The van der Waals surface area contributed by atoms with E-state index in [1.807, 2.05) is 22.4 Å². The summed E-state index contributed by atoms with van der Waals surface area (Å²) < 4.78 is 5.05. The number of hydrogen-bond donors (Lipinski definition) is 0. The van der Waals surface area contributed by atoms with Crippen molar-refractivity contribution < 1.29 is 9.53 Å². The summed E-state index contributed by atoms with van der Waals surface area (Å²) in [6.07, 6.45) is 0.508. The smallest absolute Gasteiger partial charge is 0.227 e. The number of nitrogens with zero attached hydrogens (tertiary/aromatic N) is 1. The van der Waals surface area contributed by atoms with Crippen molar-refractivity contribution in [2.24, 2.45) is 5.92 Å². The van der Waals surface area contributed by atoms with Crippen molar-refractivity contribution in [1.29, 1.82) is 0 Å². The summed E-state index contributed by atoms with van der Waals surface area (Å²) in [7, 11) is 1.66. The molecule has 96 valence electrons. The first-order valence-electron chi connectivity index (χ1n) is 5.92. The first-order valence-corrected chi connectivity index (χ1v) is 6.80. The number of ether oxygens (including phenoxy) is 1. The Labute approximate surface area is 107 Å². The molecule has 0 N–H and O–H groups in total. The second-order valence-electron chi connectivity index (χ2n) is 4.48. The molecular formula is C13H21NO2S. The van der Waals surface area contributed by atoms with Crippen LogP contribution in [-0.2, 0) is 16.0 Å². The summed E-state index contributed by atoms with van der Waals surface area (Å²) in [5.74, 6) is 0.678. The van der Waals surface area contributed by atoms with Crippen LogP contribution in [0.2, 0.25) is 0 Å². The van der Waals surface area contributed by atoms with E-state index in [1.54, 1.807) is 18.4 Å². The topological polar surface area (TPSA) is 29.5 Å². The maximum absolute atomic E-state index is 12.1. The molecule has 0 aliphatic carbocycles. The zero-order valence-electron chi connectivity index (χ0n) is 10.8. The molecule has 4 heteroatoms. The fraction of sp³-hybridized carbons (Fsp3) is 0.615. The predicted octanol–water partition coefficient (Wildman–Crippen LogP) is 2.42. The number of thiophene rings is 1. The van der Waals surface area contributed by atoms with Crippen LogP contribution in [-0.4, -0.2) is 37.6 Å². The zero-order valence-corrected chi connectivity index (χ0v) is 11.6. The lowest BCUT2D eigenvalue weighted by molar-refractivity contribution is -0.131. The first-order chi connectivity index (χ1) is 8.13. The van der Waals surface area contributed by atoms with Crippen molar-refractivity contribution in [2.75, 3.05) is 26.8 Å². The zero-order chi connectivity index (χ0) is 12.7. The van der Waals surface area contributed by atoms with Crippen LogP contribution in [0.4, 0.5) is 0 Å². The van der Waals surface area contributed by atoms with E-state index >= 15 is 0 Å². The van der Waals surface area contributed by atoms with Gasteiger partial charge in [0, 0.05) is 25.1 Å². The number of carbonyl (C=O) groups is 1. The summed E-state index contributed by atoms with van der Waals surface area (Å²) in [5, 5.41) is 2.00. The fourth-order valence-electron chi connectivity index (χ4n) is 1.63. The standard InChI is InChI=1S/C13H21NO2S/c1-11(2)10-14(6-7-16-3)13(15)9-12-5-4-8-17-12/h4-5,8,11H,6-7,9-10H2,1-3H3. The van der Waals surface area contributed by atoms with Gasteiger partial charge in [-0.15, -0.1) is 11.3 Å². The average molecular weight is 255 g/mol. The van der Waals surface area contributed by atoms with Gasteiger partial charge in [0.2, 0.25) is 5.91 Å². The Morgan fingerprint density at radius 2 is 2.29 bits per heavy atom. The summed E-state index contributed by atoms with van der Waals surface area (Å²) in [5.41, 5.74) is 0. The molecule has 1 rings (SSSR count). The Kier molecular flexibility index (Phi) is 6.22. The van der Waals surface area contributed by atoms with Gasteiger partial charge >= 0.3 is 0 Å². The number of hydrogen-bond acceptors (Lipinski definition) is 3. The first kappa shape index (κ1) is 14.2. The summed E-state index contributed by atoms with van der Waals surface area (Å²) in [6, 6.07) is 3.99. The third-order valence-electron chi connectivity index (χ3n) is 2.41. The summed E-state index contributed by atoms with van der Waals surface area (Å²) in [6.45, 7) is 6.33. The van der Waals surface area contributed by atoms with Crippen LogP contribution < -0.4 is 0 Å². The lowest BCUT2D eigenvalue weighted by Crippen LogP contribution is -2.37. The normalized spacial score (nSPS) is 10.8. The van der Waals surface area contributed by atoms with E-state index in [4.69, 9.17) is 4.74 Å². The van der Waals surface area contributed by atoms with Crippen LogP contribution in [0.5, 0.6) is 0 Å². The van der Waals surface area contributed by atoms with E-state index in [1.165, 1.54) is 0 Å². The third kappa shape index (κ3) is 5.33. The Morgan fingerprint density at radius 1 is 1.53 bits per heavy atom. The number of carbonyl (C=O) groups excluding carboxylic acids is 1. The van der Waals surface area contributed by atoms with Crippen molar-refractivity contribution in [3.05, 3.63) is 22.4 Å².